The van der Waals surface area contributed by atoms with Gasteiger partial charge in [0.15, 0.2) is 11.5 Å². The fourth-order valence-electron chi connectivity index (χ4n) is 3.37. The van der Waals surface area contributed by atoms with Crippen LogP contribution in [-0.4, -0.2) is 30.4 Å². The second kappa shape index (κ2) is 8.32. The first kappa shape index (κ1) is 19.0. The van der Waals surface area contributed by atoms with Gasteiger partial charge in [-0.3, -0.25) is 4.79 Å². The Bertz CT molecular complexity index is 980. The molecule has 5 nitrogen and oxygen atoms in total. The fraction of sp³-hybridized carbons (Fsp3) is 0.286. The van der Waals surface area contributed by atoms with Gasteiger partial charge in [0, 0.05) is 29.6 Å². The van der Waals surface area contributed by atoms with Crippen molar-refractivity contribution in [1.29, 1.82) is 0 Å². The molecule has 4 rings (SSSR count). The maximum absolute atomic E-state index is 13.2. The van der Waals surface area contributed by atoms with E-state index in [-0.39, 0.29) is 5.91 Å². The van der Waals surface area contributed by atoms with Gasteiger partial charge < -0.3 is 19.4 Å². The normalized spacial score (nSPS) is 13.1. The number of thioether (sulfide) groups is 1. The molecule has 1 aliphatic rings. The second-order valence-corrected chi connectivity index (χ2v) is 8.64. The number of hydrogen-bond acceptors (Lipinski definition) is 5. The molecule has 0 saturated carbocycles. The number of nitrogens with zero attached hydrogens (tertiary/aromatic N) is 1. The molecule has 1 aromatic carbocycles. The van der Waals surface area contributed by atoms with E-state index in [1.165, 1.54) is 10.4 Å². The highest BCUT2D eigenvalue weighted by atomic mass is 32.2. The van der Waals surface area contributed by atoms with Crippen molar-refractivity contribution in [3.05, 3.63) is 64.3 Å². The van der Waals surface area contributed by atoms with Gasteiger partial charge in [-0.1, -0.05) is 6.07 Å². The van der Waals surface area contributed by atoms with Crippen molar-refractivity contribution < 1.29 is 14.3 Å². The Morgan fingerprint density at radius 3 is 2.71 bits per heavy atom. The van der Waals surface area contributed by atoms with Crippen LogP contribution in [0.2, 0.25) is 0 Å². The lowest BCUT2D eigenvalue weighted by Gasteiger charge is -2.14. The van der Waals surface area contributed by atoms with Gasteiger partial charge in [0.1, 0.15) is 5.00 Å². The van der Waals surface area contributed by atoms with Gasteiger partial charge in [0.25, 0.3) is 5.91 Å². The molecule has 3 aromatic rings. The molecule has 3 heterocycles. The van der Waals surface area contributed by atoms with Crippen LogP contribution in [0.1, 0.15) is 26.4 Å². The van der Waals surface area contributed by atoms with Crippen molar-refractivity contribution in [1.82, 2.24) is 9.88 Å². The van der Waals surface area contributed by atoms with Gasteiger partial charge in [0.2, 0.25) is 0 Å². The molecule has 146 valence electrons. The monoisotopic (exact) mass is 414 g/mol. The van der Waals surface area contributed by atoms with Gasteiger partial charge in [-0.2, -0.15) is 11.8 Å². The number of carbonyl (C=O) groups is 1. The maximum Gasteiger partial charge on any atom is 0.254 e. The quantitative estimate of drug-likeness (QED) is 0.654. The summed E-state index contributed by atoms with van der Waals surface area (Å²) in [5.74, 6) is 3.36. The zero-order chi connectivity index (χ0) is 19.5. The smallest absolute Gasteiger partial charge is 0.254 e. The highest BCUT2D eigenvalue weighted by Crippen LogP contribution is 2.38. The van der Waals surface area contributed by atoms with Crippen molar-refractivity contribution in [2.45, 2.75) is 18.7 Å². The zero-order valence-corrected chi connectivity index (χ0v) is 17.5. The zero-order valence-electron chi connectivity index (χ0n) is 15.9. The number of benzene rings is 1. The molecule has 28 heavy (non-hydrogen) atoms. The summed E-state index contributed by atoms with van der Waals surface area (Å²) in [4.78, 5) is 14.5. The van der Waals surface area contributed by atoms with Crippen molar-refractivity contribution in [3.63, 3.8) is 0 Å². The average molecular weight is 415 g/mol. The number of fused-ring (bicyclic) bond motifs is 1. The van der Waals surface area contributed by atoms with Crippen molar-refractivity contribution >= 4 is 29.0 Å². The van der Waals surface area contributed by atoms with Gasteiger partial charge >= 0.3 is 0 Å². The van der Waals surface area contributed by atoms with Gasteiger partial charge in [-0.05, 0) is 47.6 Å². The molecule has 1 N–H and O–H groups in total. The predicted octanol–water partition coefficient (Wildman–Crippen LogP) is 4.28. The summed E-state index contributed by atoms with van der Waals surface area (Å²) in [6.45, 7) is 0.434. The van der Waals surface area contributed by atoms with E-state index in [4.69, 9.17) is 9.47 Å². The largest absolute Gasteiger partial charge is 0.493 e. The SMILES string of the molecule is COc1ccc(CNC(=O)c2c(-n3cccc3)sc3c2CCSC3)cc1OC. The van der Waals surface area contributed by atoms with Crippen molar-refractivity contribution in [2.24, 2.45) is 0 Å². The summed E-state index contributed by atoms with van der Waals surface area (Å²) in [6.07, 6.45) is 4.93. The molecule has 1 aliphatic heterocycles. The lowest BCUT2D eigenvalue weighted by atomic mass is 10.1. The number of rotatable bonds is 6. The Balaban J connectivity index is 1.59. The first-order chi connectivity index (χ1) is 13.7. The van der Waals surface area contributed by atoms with Crippen molar-refractivity contribution in [2.75, 3.05) is 20.0 Å². The van der Waals surface area contributed by atoms with E-state index in [1.54, 1.807) is 25.6 Å². The van der Waals surface area contributed by atoms with Crippen LogP contribution in [0.5, 0.6) is 11.5 Å². The minimum Gasteiger partial charge on any atom is -0.493 e. The minimum absolute atomic E-state index is 0.0251. The molecule has 0 atom stereocenters. The van der Waals surface area contributed by atoms with E-state index in [2.05, 4.69) is 5.32 Å². The summed E-state index contributed by atoms with van der Waals surface area (Å²) < 4.78 is 12.7. The summed E-state index contributed by atoms with van der Waals surface area (Å²) in [5.41, 5.74) is 2.99. The third-order valence-electron chi connectivity index (χ3n) is 4.77. The van der Waals surface area contributed by atoms with Crippen LogP contribution in [0, 0.1) is 0 Å². The van der Waals surface area contributed by atoms with Crippen LogP contribution in [0.4, 0.5) is 0 Å². The molecular weight excluding hydrogens is 392 g/mol. The molecule has 0 radical (unpaired) electrons. The molecule has 0 fully saturated rings. The number of nitrogens with one attached hydrogen (secondary N) is 1. The number of hydrogen-bond donors (Lipinski definition) is 1. The van der Waals surface area contributed by atoms with E-state index in [0.717, 1.165) is 34.1 Å². The highest BCUT2D eigenvalue weighted by Gasteiger charge is 2.26. The standard InChI is InChI=1S/C21H22N2O3S2/c1-25-16-6-5-14(11-17(16)26-2)12-22-20(24)19-15-7-10-27-13-18(15)28-21(19)23-8-3-4-9-23/h3-6,8-9,11H,7,10,12-13H2,1-2H3,(H,22,24). The minimum atomic E-state index is -0.0251. The molecule has 0 aliphatic carbocycles. The molecule has 0 bridgehead atoms. The predicted molar refractivity (Wildman–Crippen MR) is 114 cm³/mol. The highest BCUT2D eigenvalue weighted by molar-refractivity contribution is 7.98. The Kier molecular flexibility index (Phi) is 5.64. The Labute approximate surface area is 172 Å². The molecule has 0 spiro atoms. The van der Waals surface area contributed by atoms with E-state index < -0.39 is 0 Å². The number of methoxy groups -OCH3 is 2. The van der Waals surface area contributed by atoms with Gasteiger partial charge in [-0.25, -0.2) is 0 Å². The maximum atomic E-state index is 13.2. The van der Waals surface area contributed by atoms with E-state index in [1.807, 2.05) is 59.1 Å². The third-order valence-corrected chi connectivity index (χ3v) is 7.18. The molecule has 0 saturated heterocycles. The molecule has 2 aromatic heterocycles. The topological polar surface area (TPSA) is 52.5 Å². The van der Waals surface area contributed by atoms with E-state index >= 15 is 0 Å². The first-order valence-corrected chi connectivity index (χ1v) is 11.0. The average Bonchev–Trinajstić information content (AvgIpc) is 3.39. The van der Waals surface area contributed by atoms with Crippen LogP contribution < -0.4 is 14.8 Å². The summed E-state index contributed by atoms with van der Waals surface area (Å²) >= 11 is 3.66. The second-order valence-electron chi connectivity index (χ2n) is 6.45. The van der Waals surface area contributed by atoms with Gasteiger partial charge in [0.05, 0.1) is 19.8 Å². The number of aromatic nitrogens is 1. The van der Waals surface area contributed by atoms with E-state index in [9.17, 15) is 4.79 Å². The van der Waals surface area contributed by atoms with E-state index in [0.29, 0.717) is 18.0 Å². The molecule has 1 amide bonds. The van der Waals surface area contributed by atoms with Crippen LogP contribution in [0.25, 0.3) is 5.00 Å². The summed E-state index contributed by atoms with van der Waals surface area (Å²) in [6, 6.07) is 9.66. The van der Waals surface area contributed by atoms with Crippen LogP contribution in [-0.2, 0) is 18.7 Å². The fourth-order valence-corrected chi connectivity index (χ4v) is 5.81. The lowest BCUT2D eigenvalue weighted by Crippen LogP contribution is -2.25. The molecule has 7 heteroatoms. The number of carbonyl (C=O) groups excluding carboxylic acids is 1. The number of amides is 1. The molecular formula is C21H22N2O3S2. The van der Waals surface area contributed by atoms with Crippen LogP contribution in [0.15, 0.2) is 42.7 Å². The Hall–Kier alpha value is -2.38. The van der Waals surface area contributed by atoms with Crippen molar-refractivity contribution in [3.8, 4) is 16.5 Å². The Morgan fingerprint density at radius 2 is 1.96 bits per heavy atom. The Morgan fingerprint density at radius 1 is 1.18 bits per heavy atom. The third kappa shape index (κ3) is 3.64. The van der Waals surface area contributed by atoms with Gasteiger partial charge in [-0.15, -0.1) is 11.3 Å². The number of ether oxygens (including phenoxy) is 2. The number of thiophene rings is 1. The lowest BCUT2D eigenvalue weighted by molar-refractivity contribution is 0.0950. The molecule has 0 unspecified atom stereocenters. The summed E-state index contributed by atoms with van der Waals surface area (Å²) in [7, 11) is 3.22. The van der Waals surface area contributed by atoms with Crippen LogP contribution in [0.3, 0.4) is 0 Å². The first-order valence-electron chi connectivity index (χ1n) is 9.06. The van der Waals surface area contributed by atoms with Crippen LogP contribution >= 0.6 is 23.1 Å². The summed E-state index contributed by atoms with van der Waals surface area (Å²) in [5, 5.41) is 4.10.